The molecular weight excluding hydrogens is 168 g/mol. The Balaban J connectivity index is 2.44. The molecule has 2 nitrogen and oxygen atoms in total. The summed E-state index contributed by atoms with van der Waals surface area (Å²) in [7, 11) is 0. The van der Waals surface area contributed by atoms with E-state index in [-0.39, 0.29) is 0 Å². The van der Waals surface area contributed by atoms with Crippen LogP contribution in [0.4, 0.5) is 5.69 Å². The number of aromatic nitrogens is 1. The first kappa shape index (κ1) is 6.43. The van der Waals surface area contributed by atoms with Crippen LogP contribution >= 0.6 is 11.3 Å². The van der Waals surface area contributed by atoms with Gasteiger partial charge < -0.3 is 5.32 Å². The fourth-order valence-corrected chi connectivity index (χ4v) is 2.77. The summed E-state index contributed by atoms with van der Waals surface area (Å²) in [5.41, 5.74) is 2.42. The van der Waals surface area contributed by atoms with Gasteiger partial charge in [0.05, 0.1) is 10.4 Å². The largest absolute Gasteiger partial charge is 0.382 e. The van der Waals surface area contributed by atoms with Crippen molar-refractivity contribution in [3.05, 3.63) is 23.2 Å². The lowest BCUT2D eigenvalue weighted by Gasteiger charge is -1.93. The molecule has 0 spiro atoms. The van der Waals surface area contributed by atoms with E-state index in [0.717, 1.165) is 18.5 Å². The maximum Gasteiger partial charge on any atom is 0.104 e. The number of hydrogen-bond donors (Lipinski definition) is 1. The molecule has 0 saturated heterocycles. The Morgan fingerprint density at radius 2 is 2.50 bits per heavy atom. The summed E-state index contributed by atoms with van der Waals surface area (Å²) in [5.74, 6) is 0. The molecule has 2 aromatic heterocycles. The SMILES string of the molecule is c1cnc2c3c(sc2c1)CCN3. The molecule has 1 aliphatic heterocycles. The van der Waals surface area contributed by atoms with E-state index in [0.29, 0.717) is 0 Å². The van der Waals surface area contributed by atoms with Crippen LogP contribution in [0.5, 0.6) is 0 Å². The third-order valence-electron chi connectivity index (χ3n) is 2.17. The predicted octanol–water partition coefficient (Wildman–Crippen LogP) is 2.26. The fourth-order valence-electron chi connectivity index (χ4n) is 1.64. The van der Waals surface area contributed by atoms with Crippen molar-refractivity contribution < 1.29 is 0 Å². The van der Waals surface area contributed by atoms with Gasteiger partial charge in [-0.15, -0.1) is 11.3 Å². The first-order chi connectivity index (χ1) is 5.95. The molecule has 3 heteroatoms. The van der Waals surface area contributed by atoms with Crippen LogP contribution in [-0.2, 0) is 6.42 Å². The summed E-state index contributed by atoms with van der Waals surface area (Å²) < 4.78 is 1.30. The molecule has 3 rings (SSSR count). The molecule has 0 fully saturated rings. The molecular formula is C9H8N2S. The molecule has 60 valence electrons. The van der Waals surface area contributed by atoms with Crippen LogP contribution in [-0.4, -0.2) is 11.5 Å². The summed E-state index contributed by atoms with van der Waals surface area (Å²) in [6, 6.07) is 4.13. The lowest BCUT2D eigenvalue weighted by molar-refractivity contribution is 1.12. The number of nitrogens with one attached hydrogen (secondary N) is 1. The Morgan fingerprint density at radius 1 is 1.50 bits per heavy atom. The number of anilines is 1. The van der Waals surface area contributed by atoms with Gasteiger partial charge in [0.25, 0.3) is 0 Å². The minimum absolute atomic E-state index is 1.08. The zero-order valence-corrected chi connectivity index (χ0v) is 7.32. The Kier molecular flexibility index (Phi) is 1.18. The standard InChI is InChI=1S/C9H8N2S/c1-2-6-8(10-4-1)9-7(12-6)3-5-11-9/h1-2,4,11H,3,5H2. The minimum atomic E-state index is 1.08. The minimum Gasteiger partial charge on any atom is -0.382 e. The molecule has 0 aromatic carbocycles. The average Bonchev–Trinajstić information content (AvgIpc) is 2.62. The zero-order valence-electron chi connectivity index (χ0n) is 6.50. The molecule has 0 atom stereocenters. The highest BCUT2D eigenvalue weighted by Gasteiger charge is 2.16. The van der Waals surface area contributed by atoms with E-state index in [1.807, 2.05) is 23.6 Å². The highest BCUT2D eigenvalue weighted by atomic mass is 32.1. The summed E-state index contributed by atoms with van der Waals surface area (Å²) in [6.45, 7) is 1.08. The van der Waals surface area contributed by atoms with Crippen molar-refractivity contribution in [2.45, 2.75) is 6.42 Å². The monoisotopic (exact) mass is 176 g/mol. The highest BCUT2D eigenvalue weighted by Crippen LogP contribution is 2.37. The van der Waals surface area contributed by atoms with Gasteiger partial charge in [-0.1, -0.05) is 0 Å². The first-order valence-corrected chi connectivity index (χ1v) is 4.87. The van der Waals surface area contributed by atoms with Crippen LogP contribution in [0.15, 0.2) is 18.3 Å². The first-order valence-electron chi connectivity index (χ1n) is 4.05. The Hall–Kier alpha value is -1.09. The quantitative estimate of drug-likeness (QED) is 0.666. The third-order valence-corrected chi connectivity index (χ3v) is 3.38. The number of hydrogen-bond acceptors (Lipinski definition) is 3. The maximum atomic E-state index is 4.36. The summed E-state index contributed by atoms with van der Waals surface area (Å²) in [4.78, 5) is 5.82. The number of pyridine rings is 1. The van der Waals surface area contributed by atoms with Crippen LogP contribution in [0.1, 0.15) is 4.88 Å². The lowest BCUT2D eigenvalue weighted by atomic mass is 10.3. The van der Waals surface area contributed by atoms with Crippen molar-refractivity contribution >= 4 is 27.2 Å². The Labute approximate surface area is 74.2 Å². The number of thiophene rings is 1. The van der Waals surface area contributed by atoms with E-state index in [9.17, 15) is 0 Å². The van der Waals surface area contributed by atoms with Gasteiger partial charge in [-0.05, 0) is 12.1 Å². The van der Waals surface area contributed by atoms with Gasteiger partial charge in [0.2, 0.25) is 0 Å². The van der Waals surface area contributed by atoms with E-state index >= 15 is 0 Å². The normalized spacial score (nSPS) is 14.7. The van der Waals surface area contributed by atoms with Crippen molar-refractivity contribution in [1.29, 1.82) is 0 Å². The van der Waals surface area contributed by atoms with Gasteiger partial charge in [-0.2, -0.15) is 0 Å². The van der Waals surface area contributed by atoms with Gasteiger partial charge >= 0.3 is 0 Å². The van der Waals surface area contributed by atoms with Crippen molar-refractivity contribution in [3.8, 4) is 0 Å². The van der Waals surface area contributed by atoms with Crippen LogP contribution in [0.3, 0.4) is 0 Å². The molecule has 12 heavy (non-hydrogen) atoms. The van der Waals surface area contributed by atoms with Gasteiger partial charge in [-0.25, -0.2) is 0 Å². The van der Waals surface area contributed by atoms with E-state index in [2.05, 4.69) is 16.4 Å². The molecule has 0 bridgehead atoms. The number of fused-ring (bicyclic) bond motifs is 3. The van der Waals surface area contributed by atoms with Crippen LogP contribution < -0.4 is 5.32 Å². The summed E-state index contributed by atoms with van der Waals surface area (Å²) in [6.07, 6.45) is 3.02. The predicted molar refractivity (Wildman–Crippen MR) is 51.8 cm³/mol. The van der Waals surface area contributed by atoms with Crippen LogP contribution in [0.2, 0.25) is 0 Å². The van der Waals surface area contributed by atoms with E-state index in [4.69, 9.17) is 0 Å². The summed E-state index contributed by atoms with van der Waals surface area (Å²) in [5, 5.41) is 3.37. The number of rotatable bonds is 0. The fraction of sp³-hybridized carbons (Fsp3) is 0.222. The van der Waals surface area contributed by atoms with Crippen molar-refractivity contribution in [2.24, 2.45) is 0 Å². The van der Waals surface area contributed by atoms with E-state index in [1.54, 1.807) is 0 Å². The van der Waals surface area contributed by atoms with Crippen molar-refractivity contribution in [3.63, 3.8) is 0 Å². The number of nitrogens with zero attached hydrogens (tertiary/aromatic N) is 1. The Bertz CT molecular complexity index is 433. The molecule has 2 aromatic rings. The maximum absolute atomic E-state index is 4.36. The molecule has 0 unspecified atom stereocenters. The second-order valence-electron chi connectivity index (χ2n) is 2.93. The molecule has 1 aliphatic rings. The van der Waals surface area contributed by atoms with Gasteiger partial charge in [-0.3, -0.25) is 4.98 Å². The second kappa shape index (κ2) is 2.20. The van der Waals surface area contributed by atoms with Gasteiger partial charge in [0, 0.05) is 24.0 Å². The van der Waals surface area contributed by atoms with Gasteiger partial charge in [0.1, 0.15) is 5.52 Å². The topological polar surface area (TPSA) is 24.9 Å². The summed E-state index contributed by atoms with van der Waals surface area (Å²) >= 11 is 1.86. The molecule has 1 N–H and O–H groups in total. The lowest BCUT2D eigenvalue weighted by Crippen LogP contribution is -1.92. The molecule has 0 amide bonds. The molecule has 0 radical (unpaired) electrons. The highest BCUT2D eigenvalue weighted by molar-refractivity contribution is 7.19. The molecule has 0 aliphatic carbocycles. The van der Waals surface area contributed by atoms with Gasteiger partial charge in [0.15, 0.2) is 0 Å². The molecule has 3 heterocycles. The average molecular weight is 176 g/mol. The van der Waals surface area contributed by atoms with Crippen LogP contribution in [0.25, 0.3) is 10.2 Å². The Morgan fingerprint density at radius 3 is 3.50 bits per heavy atom. The zero-order chi connectivity index (χ0) is 7.97. The van der Waals surface area contributed by atoms with Crippen LogP contribution in [0, 0.1) is 0 Å². The molecule has 0 saturated carbocycles. The third kappa shape index (κ3) is 0.716. The smallest absolute Gasteiger partial charge is 0.104 e. The van der Waals surface area contributed by atoms with Crippen molar-refractivity contribution in [1.82, 2.24) is 4.98 Å². The second-order valence-corrected chi connectivity index (χ2v) is 4.06. The van der Waals surface area contributed by atoms with E-state index in [1.165, 1.54) is 15.3 Å². The van der Waals surface area contributed by atoms with E-state index < -0.39 is 0 Å². The van der Waals surface area contributed by atoms with Crippen molar-refractivity contribution in [2.75, 3.05) is 11.9 Å².